The molecule has 2 aromatic carbocycles. The van der Waals surface area contributed by atoms with Gasteiger partial charge in [-0.15, -0.1) is 4.40 Å². The molecule has 3 rings (SSSR count). The minimum absolute atomic E-state index is 0.0735. The van der Waals surface area contributed by atoms with Crippen molar-refractivity contribution in [2.24, 2.45) is 4.40 Å². The number of carbonyl (C=O) groups excluding carboxylic acids is 1. The Hall–Kier alpha value is -2.38. The summed E-state index contributed by atoms with van der Waals surface area (Å²) in [7, 11) is -3.80. The van der Waals surface area contributed by atoms with Crippen LogP contribution in [0.1, 0.15) is 12.0 Å². The van der Waals surface area contributed by atoms with Crippen molar-refractivity contribution < 1.29 is 13.2 Å². The molecule has 8 heteroatoms. The second kappa shape index (κ2) is 6.26. The van der Waals surface area contributed by atoms with Gasteiger partial charge in [0, 0.05) is 10.7 Å². The Balaban J connectivity index is 1.76. The number of para-hydroxylation sites is 1. The van der Waals surface area contributed by atoms with Crippen LogP contribution in [0.3, 0.4) is 0 Å². The van der Waals surface area contributed by atoms with Gasteiger partial charge >= 0.3 is 0 Å². The van der Waals surface area contributed by atoms with E-state index < -0.39 is 15.9 Å². The standard InChI is InChI=1S/C16H14ClN3O3S/c1-10-6-7-11(8-12(10)17)18-16(21)9-15-19-13-4-2-3-5-14(13)24(22,23)20-15/h2-8H,9H2,1H3,(H,18,21)(H,19,20). The molecular weight excluding hydrogens is 350 g/mol. The highest BCUT2D eigenvalue weighted by Gasteiger charge is 2.25. The van der Waals surface area contributed by atoms with Gasteiger partial charge in [0.2, 0.25) is 5.91 Å². The molecule has 1 aliphatic heterocycles. The third-order valence-electron chi connectivity index (χ3n) is 3.46. The van der Waals surface area contributed by atoms with E-state index in [9.17, 15) is 13.2 Å². The lowest BCUT2D eigenvalue weighted by Gasteiger charge is -2.17. The van der Waals surface area contributed by atoms with Crippen LogP contribution in [0.15, 0.2) is 51.8 Å². The number of aryl methyl sites for hydroxylation is 1. The average Bonchev–Trinajstić information content (AvgIpc) is 2.50. The molecular formula is C16H14ClN3O3S. The molecule has 1 aliphatic rings. The molecule has 0 spiro atoms. The molecule has 0 fully saturated rings. The monoisotopic (exact) mass is 363 g/mol. The van der Waals surface area contributed by atoms with Crippen LogP contribution in [-0.2, 0) is 14.8 Å². The first-order chi connectivity index (χ1) is 11.3. The normalized spacial score (nSPS) is 15.0. The fourth-order valence-electron chi connectivity index (χ4n) is 2.27. The van der Waals surface area contributed by atoms with Crippen molar-refractivity contribution in [1.29, 1.82) is 0 Å². The fourth-order valence-corrected chi connectivity index (χ4v) is 3.60. The van der Waals surface area contributed by atoms with Crippen molar-refractivity contribution in [3.05, 3.63) is 53.1 Å². The summed E-state index contributed by atoms with van der Waals surface area (Å²) in [6.45, 7) is 1.86. The van der Waals surface area contributed by atoms with Crippen LogP contribution in [0.25, 0.3) is 0 Å². The van der Waals surface area contributed by atoms with Crippen molar-refractivity contribution in [1.82, 2.24) is 0 Å². The summed E-state index contributed by atoms with van der Waals surface area (Å²) in [6.07, 6.45) is -0.195. The predicted molar refractivity (Wildman–Crippen MR) is 94.1 cm³/mol. The maximum absolute atomic E-state index is 12.1. The van der Waals surface area contributed by atoms with Crippen LogP contribution in [0.2, 0.25) is 5.02 Å². The summed E-state index contributed by atoms with van der Waals surface area (Å²) < 4.78 is 27.9. The lowest BCUT2D eigenvalue weighted by Crippen LogP contribution is -2.26. The summed E-state index contributed by atoms with van der Waals surface area (Å²) in [4.78, 5) is 12.2. The van der Waals surface area contributed by atoms with E-state index in [2.05, 4.69) is 15.0 Å². The first-order valence-electron chi connectivity index (χ1n) is 7.11. The molecule has 1 heterocycles. The molecule has 0 saturated carbocycles. The highest BCUT2D eigenvalue weighted by atomic mass is 35.5. The number of hydrogen-bond donors (Lipinski definition) is 2. The van der Waals surface area contributed by atoms with Crippen molar-refractivity contribution in [2.45, 2.75) is 18.2 Å². The van der Waals surface area contributed by atoms with E-state index in [0.29, 0.717) is 16.4 Å². The van der Waals surface area contributed by atoms with Gasteiger partial charge in [-0.1, -0.05) is 29.8 Å². The Labute approximate surface area is 144 Å². The molecule has 2 aromatic rings. The first kappa shape index (κ1) is 16.5. The molecule has 124 valence electrons. The minimum atomic E-state index is -3.80. The topological polar surface area (TPSA) is 87.6 Å². The average molecular weight is 364 g/mol. The zero-order chi connectivity index (χ0) is 17.3. The van der Waals surface area contributed by atoms with Gasteiger partial charge in [-0.2, -0.15) is 8.42 Å². The van der Waals surface area contributed by atoms with E-state index in [1.807, 2.05) is 6.92 Å². The number of nitrogens with one attached hydrogen (secondary N) is 2. The van der Waals surface area contributed by atoms with Gasteiger partial charge < -0.3 is 10.6 Å². The second-order valence-corrected chi connectivity index (χ2v) is 7.30. The number of anilines is 2. The Bertz CT molecular complexity index is 955. The molecule has 0 saturated heterocycles. The maximum Gasteiger partial charge on any atom is 0.286 e. The van der Waals surface area contributed by atoms with E-state index in [-0.39, 0.29) is 17.2 Å². The molecule has 0 atom stereocenters. The van der Waals surface area contributed by atoms with Crippen LogP contribution in [-0.4, -0.2) is 20.2 Å². The Morgan fingerprint density at radius 3 is 2.75 bits per heavy atom. The van der Waals surface area contributed by atoms with E-state index in [1.165, 1.54) is 6.07 Å². The van der Waals surface area contributed by atoms with Gasteiger partial charge in [0.05, 0.1) is 12.1 Å². The number of amidine groups is 1. The lowest BCUT2D eigenvalue weighted by molar-refractivity contribution is -0.115. The second-order valence-electron chi connectivity index (χ2n) is 5.32. The molecule has 0 aromatic heterocycles. The van der Waals surface area contributed by atoms with Crippen molar-refractivity contribution in [2.75, 3.05) is 10.6 Å². The predicted octanol–water partition coefficient (Wildman–Crippen LogP) is 3.19. The number of carbonyl (C=O) groups is 1. The maximum atomic E-state index is 12.1. The lowest BCUT2D eigenvalue weighted by atomic mass is 10.2. The van der Waals surface area contributed by atoms with E-state index >= 15 is 0 Å². The van der Waals surface area contributed by atoms with Crippen LogP contribution < -0.4 is 10.6 Å². The van der Waals surface area contributed by atoms with E-state index in [4.69, 9.17) is 11.6 Å². The molecule has 6 nitrogen and oxygen atoms in total. The minimum Gasteiger partial charge on any atom is -0.341 e. The van der Waals surface area contributed by atoms with Crippen LogP contribution in [0.5, 0.6) is 0 Å². The van der Waals surface area contributed by atoms with Crippen LogP contribution >= 0.6 is 11.6 Å². The van der Waals surface area contributed by atoms with Gasteiger partial charge in [0.25, 0.3) is 10.0 Å². The highest BCUT2D eigenvalue weighted by molar-refractivity contribution is 7.90. The molecule has 0 unspecified atom stereocenters. The number of nitrogens with zero attached hydrogens (tertiary/aromatic N) is 1. The highest BCUT2D eigenvalue weighted by Crippen LogP contribution is 2.27. The molecule has 0 bridgehead atoms. The van der Waals surface area contributed by atoms with E-state index in [1.54, 1.807) is 36.4 Å². The van der Waals surface area contributed by atoms with Gasteiger partial charge in [0.1, 0.15) is 10.7 Å². The SMILES string of the molecule is Cc1ccc(NC(=O)CC2=NS(=O)(=O)c3ccccc3N2)cc1Cl. The molecule has 2 N–H and O–H groups in total. The van der Waals surface area contributed by atoms with Gasteiger partial charge in [-0.25, -0.2) is 0 Å². The van der Waals surface area contributed by atoms with Gasteiger partial charge in [-0.3, -0.25) is 4.79 Å². The smallest absolute Gasteiger partial charge is 0.286 e. The number of sulfonamides is 1. The summed E-state index contributed by atoms with van der Waals surface area (Å²) in [6, 6.07) is 11.6. The van der Waals surface area contributed by atoms with Gasteiger partial charge in [-0.05, 0) is 36.8 Å². The summed E-state index contributed by atoms with van der Waals surface area (Å²) >= 11 is 6.02. The summed E-state index contributed by atoms with van der Waals surface area (Å²) in [5.74, 6) is -0.319. The molecule has 0 aliphatic carbocycles. The van der Waals surface area contributed by atoms with Crippen molar-refractivity contribution in [3.8, 4) is 0 Å². The largest absolute Gasteiger partial charge is 0.341 e. The quantitative estimate of drug-likeness (QED) is 0.876. The fraction of sp³-hybridized carbons (Fsp3) is 0.125. The number of halogens is 1. The number of fused-ring (bicyclic) bond motifs is 1. The zero-order valence-electron chi connectivity index (χ0n) is 12.7. The molecule has 1 amide bonds. The third-order valence-corrected chi connectivity index (χ3v) is 5.24. The number of benzene rings is 2. The summed E-state index contributed by atoms with van der Waals surface area (Å²) in [5, 5.41) is 6.08. The Morgan fingerprint density at radius 1 is 1.25 bits per heavy atom. The summed E-state index contributed by atoms with van der Waals surface area (Å²) in [5.41, 5.74) is 1.85. The van der Waals surface area contributed by atoms with Crippen molar-refractivity contribution in [3.63, 3.8) is 0 Å². The van der Waals surface area contributed by atoms with Crippen LogP contribution in [0, 0.1) is 6.92 Å². The number of amides is 1. The van der Waals surface area contributed by atoms with E-state index in [0.717, 1.165) is 5.56 Å². The Morgan fingerprint density at radius 2 is 2.00 bits per heavy atom. The molecule has 0 radical (unpaired) electrons. The van der Waals surface area contributed by atoms with Crippen molar-refractivity contribution >= 4 is 44.7 Å². The zero-order valence-corrected chi connectivity index (χ0v) is 14.3. The number of hydrogen-bond acceptors (Lipinski definition) is 4. The van der Waals surface area contributed by atoms with Crippen LogP contribution in [0.4, 0.5) is 11.4 Å². The van der Waals surface area contributed by atoms with Gasteiger partial charge in [0.15, 0.2) is 0 Å². The number of rotatable bonds is 3. The third kappa shape index (κ3) is 3.42. The molecule has 24 heavy (non-hydrogen) atoms. The Kier molecular flexibility index (Phi) is 4.29. The first-order valence-corrected chi connectivity index (χ1v) is 8.93.